The number of nitrogens with zero attached hydrogens (tertiary/aromatic N) is 3. The molecule has 1 amide bonds. The van der Waals surface area contributed by atoms with Crippen LogP contribution in [0.15, 0.2) is 54.6 Å². The highest BCUT2D eigenvalue weighted by atomic mass is 19.4. The maximum absolute atomic E-state index is 13.1. The van der Waals surface area contributed by atoms with Crippen molar-refractivity contribution in [3.8, 4) is 11.3 Å². The highest BCUT2D eigenvalue weighted by molar-refractivity contribution is 5.93. The van der Waals surface area contributed by atoms with E-state index in [1.807, 2.05) is 0 Å². The molecule has 1 heterocycles. The molecule has 0 saturated heterocycles. The zero-order valence-electron chi connectivity index (χ0n) is 15.9. The van der Waals surface area contributed by atoms with E-state index in [0.717, 1.165) is 12.1 Å². The summed E-state index contributed by atoms with van der Waals surface area (Å²) in [4.78, 5) is 14.2. The summed E-state index contributed by atoms with van der Waals surface area (Å²) in [5, 5.41) is 4.31. The van der Waals surface area contributed by atoms with Crippen LogP contribution in [0, 0.1) is 5.82 Å². The SMILES string of the molecule is CN(CCc1ccc(C(F)(F)F)cc1)C(=O)c1cc(-c2ccc(F)cc2)nn1C. The maximum Gasteiger partial charge on any atom is 0.416 e. The second kappa shape index (κ2) is 8.06. The van der Waals surface area contributed by atoms with Crippen molar-refractivity contribution < 1.29 is 22.4 Å². The molecule has 0 aliphatic rings. The first-order valence-electron chi connectivity index (χ1n) is 8.87. The normalized spacial score (nSPS) is 11.5. The minimum absolute atomic E-state index is 0.264. The monoisotopic (exact) mass is 405 g/mol. The number of hydrogen-bond acceptors (Lipinski definition) is 2. The van der Waals surface area contributed by atoms with Gasteiger partial charge in [-0.2, -0.15) is 18.3 Å². The van der Waals surface area contributed by atoms with Crippen LogP contribution in [0.25, 0.3) is 11.3 Å². The Balaban J connectivity index is 1.66. The van der Waals surface area contributed by atoms with E-state index < -0.39 is 11.7 Å². The van der Waals surface area contributed by atoms with Gasteiger partial charge in [-0.05, 0) is 54.4 Å². The molecule has 0 fully saturated rings. The van der Waals surface area contributed by atoms with E-state index in [1.165, 1.54) is 33.8 Å². The third-order valence-electron chi connectivity index (χ3n) is 4.60. The number of hydrogen-bond donors (Lipinski definition) is 0. The zero-order chi connectivity index (χ0) is 21.2. The second-order valence-electron chi connectivity index (χ2n) is 6.72. The largest absolute Gasteiger partial charge is 0.416 e. The van der Waals surface area contributed by atoms with Crippen molar-refractivity contribution in [1.82, 2.24) is 14.7 Å². The summed E-state index contributed by atoms with van der Waals surface area (Å²) in [5.74, 6) is -0.621. The Labute approximate surface area is 165 Å². The number of aromatic nitrogens is 2. The van der Waals surface area contributed by atoms with Gasteiger partial charge in [-0.25, -0.2) is 4.39 Å². The number of likely N-dealkylation sites (N-methyl/N-ethyl adjacent to an activating group) is 1. The fourth-order valence-electron chi connectivity index (χ4n) is 2.88. The molecule has 0 saturated carbocycles. The van der Waals surface area contributed by atoms with Crippen molar-refractivity contribution in [2.24, 2.45) is 7.05 Å². The fraction of sp³-hybridized carbons (Fsp3) is 0.238. The third kappa shape index (κ3) is 4.82. The first kappa shape index (κ1) is 20.6. The smallest absolute Gasteiger partial charge is 0.340 e. The van der Waals surface area contributed by atoms with Crippen molar-refractivity contribution in [3.05, 3.63) is 77.2 Å². The standard InChI is InChI=1S/C21H19F4N3O/c1-27(12-11-14-3-7-16(8-4-14)21(23,24)25)20(29)19-13-18(26-28(19)2)15-5-9-17(22)10-6-15/h3-10,13H,11-12H2,1-2H3. The number of aryl methyl sites for hydroxylation is 1. The topological polar surface area (TPSA) is 38.1 Å². The van der Waals surface area contributed by atoms with Gasteiger partial charge in [0.2, 0.25) is 0 Å². The number of halogens is 4. The number of alkyl halides is 3. The van der Waals surface area contributed by atoms with Crippen molar-refractivity contribution >= 4 is 5.91 Å². The molecule has 0 N–H and O–H groups in total. The van der Waals surface area contributed by atoms with Gasteiger partial charge >= 0.3 is 6.18 Å². The molecule has 0 bridgehead atoms. The quantitative estimate of drug-likeness (QED) is 0.584. The van der Waals surface area contributed by atoms with Crippen LogP contribution in [-0.2, 0) is 19.6 Å². The van der Waals surface area contributed by atoms with Gasteiger partial charge in [-0.3, -0.25) is 9.48 Å². The first-order chi connectivity index (χ1) is 13.6. The van der Waals surface area contributed by atoms with Crippen molar-refractivity contribution in [2.45, 2.75) is 12.6 Å². The van der Waals surface area contributed by atoms with E-state index in [1.54, 1.807) is 32.3 Å². The highest BCUT2D eigenvalue weighted by Gasteiger charge is 2.29. The fourth-order valence-corrected chi connectivity index (χ4v) is 2.88. The van der Waals surface area contributed by atoms with Crippen molar-refractivity contribution in [3.63, 3.8) is 0 Å². The summed E-state index contributed by atoms with van der Waals surface area (Å²) in [5.41, 5.74) is 1.60. The van der Waals surface area contributed by atoms with Gasteiger partial charge in [0.1, 0.15) is 11.5 Å². The minimum atomic E-state index is -4.37. The van der Waals surface area contributed by atoms with Crippen LogP contribution in [0.1, 0.15) is 21.6 Å². The lowest BCUT2D eigenvalue weighted by Gasteiger charge is -2.17. The van der Waals surface area contributed by atoms with Crippen LogP contribution in [-0.4, -0.2) is 34.2 Å². The molecular weight excluding hydrogens is 386 g/mol. The molecule has 0 spiro atoms. The Bertz CT molecular complexity index is 992. The van der Waals surface area contributed by atoms with Crippen LogP contribution >= 0.6 is 0 Å². The lowest BCUT2D eigenvalue weighted by molar-refractivity contribution is -0.137. The van der Waals surface area contributed by atoms with Crippen molar-refractivity contribution in [2.75, 3.05) is 13.6 Å². The van der Waals surface area contributed by atoms with E-state index in [9.17, 15) is 22.4 Å². The van der Waals surface area contributed by atoms with Gasteiger partial charge in [0.25, 0.3) is 5.91 Å². The summed E-state index contributed by atoms with van der Waals surface area (Å²) in [7, 11) is 3.26. The van der Waals surface area contributed by atoms with Gasteiger partial charge in [0.05, 0.1) is 11.3 Å². The molecule has 0 radical (unpaired) electrons. The van der Waals surface area contributed by atoms with Gasteiger partial charge in [-0.15, -0.1) is 0 Å². The van der Waals surface area contributed by atoms with Crippen LogP contribution in [0.3, 0.4) is 0 Å². The first-order valence-corrected chi connectivity index (χ1v) is 8.87. The molecule has 0 aliphatic heterocycles. The van der Waals surface area contributed by atoms with Gasteiger partial charge < -0.3 is 4.90 Å². The third-order valence-corrected chi connectivity index (χ3v) is 4.60. The molecular formula is C21H19F4N3O. The number of carbonyl (C=O) groups is 1. The Kier molecular flexibility index (Phi) is 5.72. The Hall–Kier alpha value is -3.16. The Morgan fingerprint density at radius 1 is 1.07 bits per heavy atom. The second-order valence-corrected chi connectivity index (χ2v) is 6.72. The molecule has 29 heavy (non-hydrogen) atoms. The van der Waals surface area contributed by atoms with E-state index in [2.05, 4.69) is 5.10 Å². The van der Waals surface area contributed by atoms with Crippen molar-refractivity contribution in [1.29, 1.82) is 0 Å². The van der Waals surface area contributed by atoms with E-state index in [4.69, 9.17) is 0 Å². The zero-order valence-corrected chi connectivity index (χ0v) is 15.9. The van der Waals surface area contributed by atoms with Crippen LogP contribution in [0.2, 0.25) is 0 Å². The number of carbonyl (C=O) groups excluding carboxylic acids is 1. The molecule has 4 nitrogen and oxygen atoms in total. The molecule has 0 unspecified atom stereocenters. The average molecular weight is 405 g/mol. The van der Waals surface area contributed by atoms with Crippen LogP contribution < -0.4 is 0 Å². The summed E-state index contributed by atoms with van der Waals surface area (Å²) in [6.45, 7) is 0.335. The number of amides is 1. The van der Waals surface area contributed by atoms with E-state index >= 15 is 0 Å². The summed E-state index contributed by atoms with van der Waals surface area (Å²) < 4.78 is 52.4. The molecule has 3 aromatic rings. The predicted molar refractivity (Wildman–Crippen MR) is 101 cm³/mol. The summed E-state index contributed by atoms with van der Waals surface area (Å²) >= 11 is 0. The lowest BCUT2D eigenvalue weighted by atomic mass is 10.1. The number of rotatable bonds is 5. The molecule has 0 aliphatic carbocycles. The molecule has 8 heteroatoms. The summed E-state index contributed by atoms with van der Waals surface area (Å²) in [6, 6.07) is 12.3. The summed E-state index contributed by atoms with van der Waals surface area (Å²) in [6.07, 6.45) is -3.95. The van der Waals surface area contributed by atoms with Gasteiger partial charge in [0, 0.05) is 26.2 Å². The number of benzene rings is 2. The Morgan fingerprint density at radius 3 is 2.28 bits per heavy atom. The predicted octanol–water partition coefficient (Wildman–Crippen LogP) is 4.56. The van der Waals surface area contributed by atoms with Gasteiger partial charge in [0.15, 0.2) is 0 Å². The maximum atomic E-state index is 13.1. The lowest BCUT2D eigenvalue weighted by Crippen LogP contribution is -2.30. The Morgan fingerprint density at radius 2 is 1.69 bits per heavy atom. The molecule has 2 aromatic carbocycles. The van der Waals surface area contributed by atoms with Crippen LogP contribution in [0.5, 0.6) is 0 Å². The van der Waals surface area contributed by atoms with E-state index in [0.29, 0.717) is 35.5 Å². The van der Waals surface area contributed by atoms with Crippen LogP contribution in [0.4, 0.5) is 17.6 Å². The molecule has 152 valence electrons. The van der Waals surface area contributed by atoms with E-state index in [-0.39, 0.29) is 11.7 Å². The highest BCUT2D eigenvalue weighted by Crippen LogP contribution is 2.29. The molecule has 1 aromatic heterocycles. The van der Waals surface area contributed by atoms with Gasteiger partial charge in [-0.1, -0.05) is 12.1 Å². The molecule has 0 atom stereocenters. The average Bonchev–Trinajstić information content (AvgIpc) is 3.07. The molecule has 3 rings (SSSR count). The minimum Gasteiger partial charge on any atom is -0.340 e.